The van der Waals surface area contributed by atoms with Crippen LogP contribution in [0.3, 0.4) is 0 Å². The number of rotatable bonds is 1. The van der Waals surface area contributed by atoms with Crippen LogP contribution >= 0.6 is 15.9 Å². The zero-order chi connectivity index (χ0) is 11.1. The van der Waals surface area contributed by atoms with Gasteiger partial charge in [-0.1, -0.05) is 6.08 Å². The first-order valence-electron chi connectivity index (χ1n) is 5.80. The van der Waals surface area contributed by atoms with Crippen LogP contribution in [0.5, 0.6) is 0 Å². The summed E-state index contributed by atoms with van der Waals surface area (Å²) in [7, 11) is 0. The second-order valence-electron chi connectivity index (χ2n) is 4.76. The number of halogens is 1. The molecule has 1 aliphatic carbocycles. The Bertz CT molecular complexity index is 453. The van der Waals surface area contributed by atoms with Gasteiger partial charge in [0.15, 0.2) is 0 Å². The summed E-state index contributed by atoms with van der Waals surface area (Å²) in [6, 6.07) is 2.84. The molecule has 0 aromatic carbocycles. The Balaban J connectivity index is 1.91. The minimum absolute atomic E-state index is 0.618. The van der Waals surface area contributed by atoms with Crippen LogP contribution < -0.4 is 5.32 Å². The second kappa shape index (κ2) is 3.97. The van der Waals surface area contributed by atoms with Gasteiger partial charge in [0, 0.05) is 18.8 Å². The van der Waals surface area contributed by atoms with Crippen molar-refractivity contribution < 1.29 is 0 Å². The lowest BCUT2D eigenvalue weighted by molar-refractivity contribution is 0.256. The van der Waals surface area contributed by atoms with Gasteiger partial charge in [-0.05, 0) is 64.4 Å². The van der Waals surface area contributed by atoms with Crippen LogP contribution in [0, 0.1) is 12.8 Å². The molecule has 1 aliphatic heterocycles. The topological polar surface area (TPSA) is 24.9 Å². The van der Waals surface area contributed by atoms with Gasteiger partial charge in [-0.25, -0.2) is 4.98 Å². The van der Waals surface area contributed by atoms with E-state index in [9.17, 15) is 0 Å². The summed E-state index contributed by atoms with van der Waals surface area (Å²) in [6.45, 7) is 3.29. The van der Waals surface area contributed by atoms with Crippen molar-refractivity contribution in [2.24, 2.45) is 5.92 Å². The van der Waals surface area contributed by atoms with E-state index in [1.165, 1.54) is 36.1 Å². The van der Waals surface area contributed by atoms with E-state index in [2.05, 4.69) is 45.3 Å². The van der Waals surface area contributed by atoms with Crippen LogP contribution in [0.1, 0.15) is 24.0 Å². The molecule has 0 bridgehead atoms. The summed E-state index contributed by atoms with van der Waals surface area (Å²) >= 11 is 3.44. The van der Waals surface area contributed by atoms with Crippen LogP contribution in [0.25, 0.3) is 5.57 Å². The molecule has 0 radical (unpaired) electrons. The predicted octanol–water partition coefficient (Wildman–Crippen LogP) is 2.92. The Labute approximate surface area is 104 Å². The van der Waals surface area contributed by atoms with Crippen molar-refractivity contribution in [2.75, 3.05) is 6.54 Å². The molecule has 0 spiro atoms. The average molecular weight is 279 g/mol. The molecule has 1 aromatic rings. The second-order valence-corrected chi connectivity index (χ2v) is 5.51. The van der Waals surface area contributed by atoms with Gasteiger partial charge in [-0.3, -0.25) is 0 Å². The lowest BCUT2D eigenvalue weighted by atomic mass is 9.79. The minimum atomic E-state index is 0.618. The van der Waals surface area contributed by atoms with Crippen molar-refractivity contribution >= 4 is 21.5 Å². The Morgan fingerprint density at radius 2 is 2.38 bits per heavy atom. The average Bonchev–Trinajstić information content (AvgIpc) is 2.24. The summed E-state index contributed by atoms with van der Waals surface area (Å²) < 4.78 is 0.951. The fraction of sp³-hybridized carbons (Fsp3) is 0.462. The molecule has 1 N–H and O–H groups in total. The van der Waals surface area contributed by atoms with Crippen molar-refractivity contribution in [1.29, 1.82) is 0 Å². The SMILES string of the molecule is Cc1cc(C2=C[C@H]3NC[C@H]3CC2)cnc1Br. The maximum Gasteiger partial charge on any atom is 0.109 e. The number of allylic oxidation sites excluding steroid dienone is 1. The highest BCUT2D eigenvalue weighted by Crippen LogP contribution is 2.34. The van der Waals surface area contributed by atoms with E-state index in [-0.39, 0.29) is 0 Å². The van der Waals surface area contributed by atoms with Crippen LogP contribution in [0.15, 0.2) is 22.9 Å². The standard InChI is InChI=1S/C13H15BrN2/c1-8-4-11(7-16-13(8)14)9-2-3-10-6-15-12(10)5-9/h4-5,7,10,12,15H,2-3,6H2,1H3/t10-,12-/m1/s1. The number of nitrogens with one attached hydrogen (secondary N) is 1. The van der Waals surface area contributed by atoms with Crippen LogP contribution in [0.4, 0.5) is 0 Å². The lowest BCUT2D eigenvalue weighted by Crippen LogP contribution is -2.52. The molecule has 1 aromatic heterocycles. The number of pyridine rings is 1. The van der Waals surface area contributed by atoms with E-state index in [0.29, 0.717) is 6.04 Å². The Kier molecular flexibility index (Phi) is 2.60. The smallest absolute Gasteiger partial charge is 0.109 e. The van der Waals surface area contributed by atoms with E-state index >= 15 is 0 Å². The molecular weight excluding hydrogens is 264 g/mol. The highest BCUT2D eigenvalue weighted by Gasteiger charge is 2.31. The predicted molar refractivity (Wildman–Crippen MR) is 69.2 cm³/mol. The van der Waals surface area contributed by atoms with Gasteiger partial charge in [0.25, 0.3) is 0 Å². The zero-order valence-electron chi connectivity index (χ0n) is 9.33. The van der Waals surface area contributed by atoms with Gasteiger partial charge in [-0.2, -0.15) is 0 Å². The Hall–Kier alpha value is -0.670. The molecule has 2 atom stereocenters. The van der Waals surface area contributed by atoms with E-state index in [0.717, 1.165) is 10.5 Å². The summed E-state index contributed by atoms with van der Waals surface area (Å²) in [5.74, 6) is 0.883. The fourth-order valence-corrected chi connectivity index (χ4v) is 2.73. The summed E-state index contributed by atoms with van der Waals surface area (Å²) in [6.07, 6.45) is 6.88. The first kappa shape index (κ1) is 10.5. The molecule has 84 valence electrons. The molecule has 16 heavy (non-hydrogen) atoms. The first-order chi connectivity index (χ1) is 7.74. The lowest BCUT2D eigenvalue weighted by Gasteiger charge is -2.40. The molecule has 2 aliphatic rings. The number of nitrogens with zero attached hydrogens (tertiary/aromatic N) is 1. The molecule has 3 rings (SSSR count). The molecule has 0 saturated carbocycles. The Morgan fingerprint density at radius 1 is 1.50 bits per heavy atom. The van der Waals surface area contributed by atoms with E-state index in [1.54, 1.807) is 0 Å². The molecule has 1 saturated heterocycles. The van der Waals surface area contributed by atoms with E-state index in [4.69, 9.17) is 0 Å². The summed E-state index contributed by atoms with van der Waals surface area (Å²) in [5, 5.41) is 3.47. The summed E-state index contributed by atoms with van der Waals surface area (Å²) in [4.78, 5) is 4.37. The highest BCUT2D eigenvalue weighted by molar-refractivity contribution is 9.10. The van der Waals surface area contributed by atoms with Crippen molar-refractivity contribution in [1.82, 2.24) is 10.3 Å². The number of aromatic nitrogens is 1. The third-order valence-corrected chi connectivity index (χ3v) is 4.50. The monoisotopic (exact) mass is 278 g/mol. The minimum Gasteiger partial charge on any atom is -0.310 e. The fourth-order valence-electron chi connectivity index (χ4n) is 2.51. The van der Waals surface area contributed by atoms with Crippen LogP contribution in [-0.4, -0.2) is 17.6 Å². The molecular formula is C13H15BrN2. The molecule has 2 heterocycles. The third kappa shape index (κ3) is 1.72. The molecule has 0 unspecified atom stereocenters. The van der Waals surface area contributed by atoms with Gasteiger partial charge in [-0.15, -0.1) is 0 Å². The zero-order valence-corrected chi connectivity index (χ0v) is 10.9. The van der Waals surface area contributed by atoms with E-state index < -0.39 is 0 Å². The normalized spacial score (nSPS) is 28.0. The quantitative estimate of drug-likeness (QED) is 0.799. The largest absolute Gasteiger partial charge is 0.310 e. The third-order valence-electron chi connectivity index (χ3n) is 3.67. The first-order valence-corrected chi connectivity index (χ1v) is 6.60. The van der Waals surface area contributed by atoms with Crippen molar-refractivity contribution in [2.45, 2.75) is 25.8 Å². The molecule has 1 fully saturated rings. The Morgan fingerprint density at radius 3 is 3.00 bits per heavy atom. The van der Waals surface area contributed by atoms with Crippen molar-refractivity contribution in [3.05, 3.63) is 34.1 Å². The van der Waals surface area contributed by atoms with Gasteiger partial charge in [0.1, 0.15) is 4.60 Å². The molecule has 3 heteroatoms. The van der Waals surface area contributed by atoms with Crippen molar-refractivity contribution in [3.8, 4) is 0 Å². The van der Waals surface area contributed by atoms with Crippen molar-refractivity contribution in [3.63, 3.8) is 0 Å². The molecule has 2 nitrogen and oxygen atoms in total. The van der Waals surface area contributed by atoms with E-state index in [1.807, 2.05) is 6.20 Å². The summed E-state index contributed by atoms with van der Waals surface area (Å²) in [5.41, 5.74) is 3.95. The van der Waals surface area contributed by atoms with Gasteiger partial charge < -0.3 is 5.32 Å². The van der Waals surface area contributed by atoms with Crippen LogP contribution in [0.2, 0.25) is 0 Å². The van der Waals surface area contributed by atoms with Gasteiger partial charge in [0.05, 0.1) is 0 Å². The number of hydrogen-bond donors (Lipinski definition) is 1. The maximum absolute atomic E-state index is 4.37. The maximum atomic E-state index is 4.37. The highest BCUT2D eigenvalue weighted by atomic mass is 79.9. The van der Waals surface area contributed by atoms with Crippen LogP contribution in [-0.2, 0) is 0 Å². The van der Waals surface area contributed by atoms with Gasteiger partial charge >= 0.3 is 0 Å². The number of hydrogen-bond acceptors (Lipinski definition) is 2. The van der Waals surface area contributed by atoms with Gasteiger partial charge in [0.2, 0.25) is 0 Å². The molecule has 0 amide bonds. The number of fused-ring (bicyclic) bond motifs is 1. The number of aryl methyl sites for hydroxylation is 1.